The summed E-state index contributed by atoms with van der Waals surface area (Å²) in [5, 5.41) is 4.07. The number of rotatable bonds is 4. The van der Waals surface area contributed by atoms with Crippen molar-refractivity contribution in [3.63, 3.8) is 0 Å². The third kappa shape index (κ3) is 2.54. The van der Waals surface area contributed by atoms with E-state index in [4.69, 9.17) is 10.3 Å². The zero-order chi connectivity index (χ0) is 13.5. The lowest BCUT2D eigenvalue weighted by Gasteiger charge is -2.06. The average Bonchev–Trinajstić information content (AvgIpc) is 2.83. The minimum atomic E-state index is -0.231. The molecule has 1 aromatic heterocycles. The van der Waals surface area contributed by atoms with Crippen molar-refractivity contribution < 1.29 is 4.52 Å². The zero-order valence-corrected chi connectivity index (χ0v) is 11.3. The van der Waals surface area contributed by atoms with Gasteiger partial charge in [-0.3, -0.25) is 0 Å². The molecule has 1 aliphatic rings. The van der Waals surface area contributed by atoms with Gasteiger partial charge in [-0.1, -0.05) is 49.3 Å². The van der Waals surface area contributed by atoms with Crippen LogP contribution in [-0.2, 0) is 6.42 Å². The third-order valence-electron chi connectivity index (χ3n) is 3.90. The molecule has 100 valence electrons. The third-order valence-corrected chi connectivity index (χ3v) is 3.90. The van der Waals surface area contributed by atoms with Crippen molar-refractivity contribution in [2.75, 3.05) is 0 Å². The van der Waals surface area contributed by atoms with Crippen molar-refractivity contribution in [3.05, 3.63) is 47.6 Å². The van der Waals surface area contributed by atoms with Gasteiger partial charge in [0.15, 0.2) is 5.82 Å². The van der Waals surface area contributed by atoms with Crippen molar-refractivity contribution in [3.8, 4) is 0 Å². The van der Waals surface area contributed by atoms with E-state index in [2.05, 4.69) is 36.1 Å². The van der Waals surface area contributed by atoms with Crippen LogP contribution in [0.2, 0.25) is 0 Å². The lowest BCUT2D eigenvalue weighted by atomic mass is 10.1. The van der Waals surface area contributed by atoms with Crippen LogP contribution in [0.3, 0.4) is 0 Å². The first-order valence-corrected chi connectivity index (χ1v) is 6.69. The molecule has 0 radical (unpaired) electrons. The number of hydrogen-bond donors (Lipinski definition) is 1. The first-order valence-electron chi connectivity index (χ1n) is 6.69. The molecule has 2 atom stereocenters. The summed E-state index contributed by atoms with van der Waals surface area (Å²) in [6.07, 6.45) is 1.84. The maximum absolute atomic E-state index is 6.13. The molecule has 4 heteroatoms. The number of nitrogens with zero attached hydrogens (tertiary/aromatic N) is 2. The zero-order valence-electron chi connectivity index (χ0n) is 11.3. The van der Waals surface area contributed by atoms with E-state index in [1.54, 1.807) is 0 Å². The minimum absolute atomic E-state index is 0.231. The maximum atomic E-state index is 6.13. The number of benzene rings is 1. The Kier molecular flexibility index (Phi) is 2.90. The number of hydrogen-bond acceptors (Lipinski definition) is 4. The lowest BCUT2D eigenvalue weighted by Crippen LogP contribution is -2.13. The van der Waals surface area contributed by atoms with E-state index in [1.807, 2.05) is 18.2 Å². The molecule has 4 nitrogen and oxygen atoms in total. The molecule has 1 heterocycles. The summed E-state index contributed by atoms with van der Waals surface area (Å²) < 4.78 is 5.31. The van der Waals surface area contributed by atoms with Crippen molar-refractivity contribution in [1.29, 1.82) is 0 Å². The van der Waals surface area contributed by atoms with E-state index in [1.165, 1.54) is 5.56 Å². The van der Waals surface area contributed by atoms with Crippen LogP contribution in [0.4, 0.5) is 0 Å². The molecular formula is C15H19N3O. The maximum Gasteiger partial charge on any atom is 0.243 e. The largest absolute Gasteiger partial charge is 0.338 e. The normalized spacial score (nSPS) is 22.2. The van der Waals surface area contributed by atoms with E-state index in [0.717, 1.165) is 18.7 Å². The van der Waals surface area contributed by atoms with Crippen molar-refractivity contribution >= 4 is 0 Å². The van der Waals surface area contributed by atoms with Crippen LogP contribution in [0.25, 0.3) is 0 Å². The van der Waals surface area contributed by atoms with Gasteiger partial charge in [0.25, 0.3) is 0 Å². The second-order valence-corrected chi connectivity index (χ2v) is 6.03. The van der Waals surface area contributed by atoms with Gasteiger partial charge in [0.05, 0.1) is 6.04 Å². The summed E-state index contributed by atoms with van der Waals surface area (Å²) in [6.45, 7) is 4.44. The molecule has 0 aliphatic heterocycles. The van der Waals surface area contributed by atoms with Gasteiger partial charge in [-0.2, -0.15) is 4.98 Å². The van der Waals surface area contributed by atoms with Gasteiger partial charge in [0.2, 0.25) is 5.89 Å². The van der Waals surface area contributed by atoms with Crippen LogP contribution in [-0.4, -0.2) is 10.1 Å². The standard InChI is InChI=1S/C15H19N3O/c1-15(2)9-11(15)13-17-14(19-18-13)12(16)8-10-6-4-3-5-7-10/h3-7,11-12H,8-9,16H2,1-2H3/t11?,12-/m0/s1. The molecule has 1 saturated carbocycles. The van der Waals surface area contributed by atoms with Crippen LogP contribution in [0, 0.1) is 5.41 Å². The van der Waals surface area contributed by atoms with Gasteiger partial charge in [-0.15, -0.1) is 0 Å². The first-order chi connectivity index (χ1) is 9.06. The van der Waals surface area contributed by atoms with Gasteiger partial charge in [-0.25, -0.2) is 0 Å². The van der Waals surface area contributed by atoms with Crippen molar-refractivity contribution in [1.82, 2.24) is 10.1 Å². The highest BCUT2D eigenvalue weighted by molar-refractivity contribution is 5.18. The second-order valence-electron chi connectivity index (χ2n) is 6.03. The Bertz CT molecular complexity index is 562. The Balaban J connectivity index is 1.69. The fourth-order valence-corrected chi connectivity index (χ4v) is 2.40. The Morgan fingerprint density at radius 1 is 1.37 bits per heavy atom. The Morgan fingerprint density at radius 3 is 2.68 bits per heavy atom. The molecule has 0 amide bonds. The highest BCUT2D eigenvalue weighted by atomic mass is 16.5. The van der Waals surface area contributed by atoms with Gasteiger partial charge in [0.1, 0.15) is 0 Å². The molecule has 0 bridgehead atoms. The summed E-state index contributed by atoms with van der Waals surface area (Å²) in [5.74, 6) is 1.78. The van der Waals surface area contributed by atoms with Gasteiger partial charge >= 0.3 is 0 Å². The quantitative estimate of drug-likeness (QED) is 0.914. The molecule has 1 unspecified atom stereocenters. The summed E-state index contributed by atoms with van der Waals surface area (Å²) in [5.41, 5.74) is 7.62. The lowest BCUT2D eigenvalue weighted by molar-refractivity contribution is 0.349. The Hall–Kier alpha value is -1.68. The fourth-order valence-electron chi connectivity index (χ4n) is 2.40. The topological polar surface area (TPSA) is 64.9 Å². The predicted molar refractivity (Wildman–Crippen MR) is 72.5 cm³/mol. The molecule has 1 aliphatic carbocycles. The molecule has 1 aromatic carbocycles. The molecule has 0 spiro atoms. The van der Waals surface area contributed by atoms with Crippen molar-refractivity contribution in [2.24, 2.45) is 11.1 Å². The van der Waals surface area contributed by atoms with Crippen LogP contribution in [0.5, 0.6) is 0 Å². The molecule has 3 rings (SSSR count). The van der Waals surface area contributed by atoms with E-state index in [-0.39, 0.29) is 6.04 Å². The van der Waals surface area contributed by atoms with Crippen LogP contribution in [0.15, 0.2) is 34.9 Å². The molecular weight excluding hydrogens is 238 g/mol. The fraction of sp³-hybridized carbons (Fsp3) is 0.467. The van der Waals surface area contributed by atoms with Crippen LogP contribution >= 0.6 is 0 Å². The predicted octanol–water partition coefficient (Wildman–Crippen LogP) is 2.83. The highest BCUT2D eigenvalue weighted by Gasteiger charge is 2.49. The minimum Gasteiger partial charge on any atom is -0.338 e. The van der Waals surface area contributed by atoms with Crippen LogP contribution in [0.1, 0.15) is 49.5 Å². The SMILES string of the molecule is CC1(C)CC1c1noc([C@@H](N)Cc2ccccc2)n1. The monoisotopic (exact) mass is 257 g/mol. The summed E-state index contributed by atoms with van der Waals surface area (Å²) in [7, 11) is 0. The molecule has 2 N–H and O–H groups in total. The van der Waals surface area contributed by atoms with Crippen LogP contribution < -0.4 is 5.73 Å². The Morgan fingerprint density at radius 2 is 2.05 bits per heavy atom. The number of nitrogens with two attached hydrogens (primary N) is 1. The molecule has 19 heavy (non-hydrogen) atoms. The van der Waals surface area contributed by atoms with E-state index in [0.29, 0.717) is 17.2 Å². The first kappa shape index (κ1) is 12.4. The van der Waals surface area contributed by atoms with Gasteiger partial charge in [-0.05, 0) is 23.8 Å². The molecule has 2 aromatic rings. The van der Waals surface area contributed by atoms with E-state index >= 15 is 0 Å². The van der Waals surface area contributed by atoms with Crippen molar-refractivity contribution in [2.45, 2.75) is 38.6 Å². The summed E-state index contributed by atoms with van der Waals surface area (Å²) in [6, 6.07) is 9.89. The van der Waals surface area contributed by atoms with Gasteiger partial charge in [0, 0.05) is 5.92 Å². The highest BCUT2D eigenvalue weighted by Crippen LogP contribution is 2.57. The summed E-state index contributed by atoms with van der Waals surface area (Å²) >= 11 is 0. The smallest absolute Gasteiger partial charge is 0.243 e. The van der Waals surface area contributed by atoms with E-state index in [9.17, 15) is 0 Å². The van der Waals surface area contributed by atoms with Gasteiger partial charge < -0.3 is 10.3 Å². The second kappa shape index (κ2) is 4.46. The molecule has 1 fully saturated rings. The molecule has 0 saturated heterocycles. The Labute approximate surface area is 113 Å². The summed E-state index contributed by atoms with van der Waals surface area (Å²) in [4.78, 5) is 4.46. The average molecular weight is 257 g/mol. The van der Waals surface area contributed by atoms with E-state index < -0.39 is 0 Å². The number of aromatic nitrogens is 2.